The molecule has 0 aliphatic heterocycles. The Kier molecular flexibility index (Phi) is 7.75. The second-order valence-electron chi connectivity index (χ2n) is 2.87. The molecule has 5 nitrogen and oxygen atoms in total. The van der Waals surface area contributed by atoms with Crippen molar-refractivity contribution in [2.75, 3.05) is 6.61 Å². The molecule has 0 aliphatic carbocycles. The average molecular weight is 260 g/mol. The predicted molar refractivity (Wildman–Crippen MR) is 63.0 cm³/mol. The SMILES string of the molecule is CCOC(C)=O.O=C(NO)c1ccc(Cl)cc1. The zero-order chi connectivity index (χ0) is 13.3. The number of ether oxygens (including phenoxy) is 1. The third-order valence-corrected chi connectivity index (χ3v) is 1.81. The lowest BCUT2D eigenvalue weighted by atomic mass is 10.2. The lowest BCUT2D eigenvalue weighted by molar-refractivity contribution is -0.140. The summed E-state index contributed by atoms with van der Waals surface area (Å²) in [5.74, 6) is -0.751. The van der Waals surface area contributed by atoms with Gasteiger partial charge in [0.2, 0.25) is 0 Å². The third kappa shape index (κ3) is 7.32. The minimum Gasteiger partial charge on any atom is -0.466 e. The van der Waals surface area contributed by atoms with Gasteiger partial charge in [0.15, 0.2) is 0 Å². The van der Waals surface area contributed by atoms with Gasteiger partial charge in [-0.15, -0.1) is 0 Å². The van der Waals surface area contributed by atoms with Crippen molar-refractivity contribution >= 4 is 23.5 Å². The number of carbonyl (C=O) groups excluding carboxylic acids is 2. The maximum atomic E-state index is 10.7. The quantitative estimate of drug-likeness (QED) is 0.484. The number of nitrogens with one attached hydrogen (secondary N) is 1. The molecule has 0 aromatic heterocycles. The lowest BCUT2D eigenvalue weighted by Gasteiger charge is -1.96. The molecule has 1 aromatic carbocycles. The maximum absolute atomic E-state index is 10.7. The first-order chi connectivity index (χ1) is 8.01. The second-order valence-corrected chi connectivity index (χ2v) is 3.31. The summed E-state index contributed by atoms with van der Waals surface area (Å²) in [6.45, 7) is 3.65. The minimum absolute atomic E-state index is 0.211. The van der Waals surface area contributed by atoms with E-state index in [9.17, 15) is 9.59 Å². The minimum atomic E-state index is -0.540. The van der Waals surface area contributed by atoms with Gasteiger partial charge in [-0.05, 0) is 31.2 Å². The molecule has 0 unspecified atom stereocenters. The normalized spacial score (nSPS) is 8.71. The molecule has 1 amide bonds. The first kappa shape index (κ1) is 15.4. The van der Waals surface area contributed by atoms with Crippen LogP contribution >= 0.6 is 11.6 Å². The Labute approximate surface area is 104 Å². The Hall–Kier alpha value is -1.59. The van der Waals surface area contributed by atoms with Crippen molar-refractivity contribution < 1.29 is 19.5 Å². The van der Waals surface area contributed by atoms with Crippen molar-refractivity contribution in [3.05, 3.63) is 34.9 Å². The Bertz CT molecular complexity index is 364. The van der Waals surface area contributed by atoms with E-state index >= 15 is 0 Å². The van der Waals surface area contributed by atoms with Gasteiger partial charge >= 0.3 is 5.97 Å². The van der Waals surface area contributed by atoms with Crippen LogP contribution in [-0.2, 0) is 9.53 Å². The number of carbonyl (C=O) groups is 2. The Morgan fingerprint density at radius 2 is 1.88 bits per heavy atom. The van der Waals surface area contributed by atoms with Crippen molar-refractivity contribution in [3.63, 3.8) is 0 Å². The van der Waals surface area contributed by atoms with Crippen molar-refractivity contribution in [1.29, 1.82) is 0 Å². The van der Waals surface area contributed by atoms with Crippen LogP contribution in [0.25, 0.3) is 0 Å². The van der Waals surface area contributed by atoms with E-state index in [4.69, 9.17) is 16.8 Å². The number of rotatable bonds is 2. The van der Waals surface area contributed by atoms with E-state index in [-0.39, 0.29) is 5.97 Å². The van der Waals surface area contributed by atoms with Crippen LogP contribution in [0.1, 0.15) is 24.2 Å². The van der Waals surface area contributed by atoms with Crippen molar-refractivity contribution in [2.24, 2.45) is 0 Å². The molecule has 0 aliphatic rings. The molecule has 17 heavy (non-hydrogen) atoms. The second kappa shape index (κ2) is 8.55. The molecule has 94 valence electrons. The van der Waals surface area contributed by atoms with Gasteiger partial charge in [0.1, 0.15) is 0 Å². The summed E-state index contributed by atoms with van der Waals surface area (Å²) in [5.41, 5.74) is 1.89. The lowest BCUT2D eigenvalue weighted by Crippen LogP contribution is -2.18. The standard InChI is InChI=1S/C7H6ClNO2.C4H8O2/c8-6-3-1-5(2-4-6)7(10)9-11;1-3-6-4(2)5/h1-4,11H,(H,9,10);3H2,1-2H3. The third-order valence-electron chi connectivity index (χ3n) is 1.56. The summed E-state index contributed by atoms with van der Waals surface area (Å²) >= 11 is 5.57. The van der Waals surface area contributed by atoms with E-state index in [0.717, 1.165) is 0 Å². The van der Waals surface area contributed by atoms with E-state index in [1.807, 2.05) is 0 Å². The molecule has 6 heteroatoms. The molecule has 0 bridgehead atoms. The molecular weight excluding hydrogens is 246 g/mol. The molecule has 0 heterocycles. The smallest absolute Gasteiger partial charge is 0.302 e. The number of esters is 1. The van der Waals surface area contributed by atoms with Gasteiger partial charge in [-0.2, -0.15) is 0 Å². The summed E-state index contributed by atoms with van der Waals surface area (Å²) in [6, 6.07) is 6.19. The van der Waals surface area contributed by atoms with Gasteiger partial charge < -0.3 is 4.74 Å². The van der Waals surface area contributed by atoms with Crippen LogP contribution < -0.4 is 5.48 Å². The molecule has 0 radical (unpaired) electrons. The molecule has 0 saturated heterocycles. The van der Waals surface area contributed by atoms with E-state index in [1.165, 1.54) is 24.5 Å². The Morgan fingerprint density at radius 1 is 1.35 bits per heavy atom. The first-order valence-corrected chi connectivity index (χ1v) is 5.22. The van der Waals surface area contributed by atoms with Crippen molar-refractivity contribution in [2.45, 2.75) is 13.8 Å². The van der Waals surface area contributed by atoms with Crippen LogP contribution in [0.2, 0.25) is 5.02 Å². The van der Waals surface area contributed by atoms with Gasteiger partial charge in [-0.25, -0.2) is 5.48 Å². The molecular formula is C11H14ClNO4. The van der Waals surface area contributed by atoms with Crippen LogP contribution in [0.3, 0.4) is 0 Å². The van der Waals surface area contributed by atoms with Crippen LogP contribution in [0, 0.1) is 0 Å². The van der Waals surface area contributed by atoms with Crippen LogP contribution in [0.4, 0.5) is 0 Å². The number of hydroxylamine groups is 1. The highest BCUT2D eigenvalue weighted by Gasteiger charge is 2.01. The number of hydrogen-bond acceptors (Lipinski definition) is 4. The number of halogens is 1. The van der Waals surface area contributed by atoms with E-state index < -0.39 is 5.91 Å². The van der Waals surface area contributed by atoms with E-state index in [2.05, 4.69) is 4.74 Å². The van der Waals surface area contributed by atoms with Crippen LogP contribution in [-0.4, -0.2) is 23.7 Å². The van der Waals surface area contributed by atoms with Crippen LogP contribution in [0.15, 0.2) is 24.3 Å². The summed E-state index contributed by atoms with van der Waals surface area (Å²) < 4.78 is 4.40. The fraction of sp³-hybridized carbons (Fsp3) is 0.273. The Morgan fingerprint density at radius 3 is 2.18 bits per heavy atom. The number of amides is 1. The molecule has 0 spiro atoms. The summed E-state index contributed by atoms with van der Waals surface area (Å²) in [7, 11) is 0. The fourth-order valence-electron chi connectivity index (χ4n) is 0.869. The topological polar surface area (TPSA) is 75.6 Å². The molecule has 0 fully saturated rings. The highest BCUT2D eigenvalue weighted by Crippen LogP contribution is 2.08. The fourth-order valence-corrected chi connectivity index (χ4v) is 0.995. The van der Waals surface area contributed by atoms with Gasteiger partial charge in [0, 0.05) is 17.5 Å². The van der Waals surface area contributed by atoms with E-state index in [1.54, 1.807) is 19.1 Å². The summed E-state index contributed by atoms with van der Waals surface area (Å²) in [6.07, 6.45) is 0. The van der Waals surface area contributed by atoms with Gasteiger partial charge in [-0.1, -0.05) is 11.6 Å². The molecule has 2 N–H and O–H groups in total. The molecule has 1 rings (SSSR count). The average Bonchev–Trinajstić information content (AvgIpc) is 2.29. The van der Waals surface area contributed by atoms with Crippen LogP contribution in [0.5, 0.6) is 0 Å². The highest BCUT2D eigenvalue weighted by molar-refractivity contribution is 6.30. The van der Waals surface area contributed by atoms with Crippen molar-refractivity contribution in [3.8, 4) is 0 Å². The first-order valence-electron chi connectivity index (χ1n) is 4.84. The zero-order valence-electron chi connectivity index (χ0n) is 9.57. The monoisotopic (exact) mass is 259 g/mol. The van der Waals surface area contributed by atoms with E-state index in [0.29, 0.717) is 17.2 Å². The zero-order valence-corrected chi connectivity index (χ0v) is 10.3. The summed E-state index contributed by atoms with van der Waals surface area (Å²) in [4.78, 5) is 20.5. The maximum Gasteiger partial charge on any atom is 0.302 e. The van der Waals surface area contributed by atoms with Gasteiger partial charge in [0.25, 0.3) is 5.91 Å². The number of hydrogen-bond donors (Lipinski definition) is 2. The predicted octanol–water partition coefficient (Wildman–Crippen LogP) is 2.03. The molecule has 0 atom stereocenters. The van der Waals surface area contributed by atoms with Gasteiger partial charge in [-0.3, -0.25) is 14.8 Å². The Balaban J connectivity index is 0.000000366. The van der Waals surface area contributed by atoms with Gasteiger partial charge in [0.05, 0.1) is 6.61 Å². The van der Waals surface area contributed by atoms with Crippen molar-refractivity contribution in [1.82, 2.24) is 5.48 Å². The largest absolute Gasteiger partial charge is 0.466 e. The number of benzene rings is 1. The summed E-state index contributed by atoms with van der Waals surface area (Å²) in [5, 5.41) is 8.78. The highest BCUT2D eigenvalue weighted by atomic mass is 35.5. The molecule has 0 saturated carbocycles. The molecule has 1 aromatic rings.